The fourth-order valence-electron chi connectivity index (χ4n) is 4.05. The third kappa shape index (κ3) is 2.65. The van der Waals surface area contributed by atoms with E-state index in [0.29, 0.717) is 16.4 Å². The molecular formula is C21H27ClN2O. The Balaban J connectivity index is 2.28. The monoisotopic (exact) mass is 358 g/mol. The molecule has 0 amide bonds. The van der Waals surface area contributed by atoms with Crippen LogP contribution in [0.3, 0.4) is 0 Å². The summed E-state index contributed by atoms with van der Waals surface area (Å²) in [7, 11) is 0. The Morgan fingerprint density at radius 1 is 0.880 bits per heavy atom. The van der Waals surface area contributed by atoms with E-state index in [0.717, 1.165) is 54.7 Å². The van der Waals surface area contributed by atoms with Crippen molar-refractivity contribution in [2.45, 2.75) is 59.8 Å². The minimum absolute atomic E-state index is 0.473. The molecule has 0 atom stereocenters. The molecule has 2 aromatic rings. The molecule has 1 heterocycles. The number of halogens is 1. The molecule has 2 aromatic carbocycles. The fourth-order valence-corrected chi connectivity index (χ4v) is 4.30. The molecule has 25 heavy (non-hydrogen) atoms. The van der Waals surface area contributed by atoms with E-state index in [1.807, 2.05) is 0 Å². The lowest BCUT2D eigenvalue weighted by Gasteiger charge is -2.29. The second-order valence-corrected chi connectivity index (χ2v) is 6.98. The molecular weight excluding hydrogens is 332 g/mol. The molecule has 0 fully saturated rings. The number of hydrogen-bond donors (Lipinski definition) is 2. The second-order valence-electron chi connectivity index (χ2n) is 6.60. The Morgan fingerprint density at radius 2 is 1.52 bits per heavy atom. The van der Waals surface area contributed by atoms with Gasteiger partial charge in [0.15, 0.2) is 0 Å². The molecule has 134 valence electrons. The van der Waals surface area contributed by atoms with Crippen molar-refractivity contribution in [1.29, 1.82) is 0 Å². The lowest BCUT2D eigenvalue weighted by atomic mass is 9.87. The Hall–Kier alpha value is -1.87. The van der Waals surface area contributed by atoms with E-state index in [1.165, 1.54) is 22.3 Å². The average Bonchev–Trinajstić information content (AvgIpc) is 2.63. The van der Waals surface area contributed by atoms with Gasteiger partial charge >= 0.3 is 0 Å². The summed E-state index contributed by atoms with van der Waals surface area (Å²) < 4.78 is 6.46. The van der Waals surface area contributed by atoms with Crippen LogP contribution in [0.4, 0.5) is 11.4 Å². The minimum atomic E-state index is 0.473. The molecule has 0 aromatic heterocycles. The fraction of sp³-hybridized carbons (Fsp3) is 0.429. The molecule has 0 radical (unpaired) electrons. The van der Waals surface area contributed by atoms with Crippen LogP contribution in [0.2, 0.25) is 5.02 Å². The van der Waals surface area contributed by atoms with Crippen molar-refractivity contribution in [3.63, 3.8) is 0 Å². The van der Waals surface area contributed by atoms with Gasteiger partial charge in [-0.3, -0.25) is 0 Å². The van der Waals surface area contributed by atoms with Gasteiger partial charge in [0.1, 0.15) is 11.5 Å². The number of ether oxygens (including phenoxy) is 1. The summed E-state index contributed by atoms with van der Waals surface area (Å²) in [5, 5.41) is 0.533. The number of nitrogen functional groups attached to an aromatic ring is 2. The second kappa shape index (κ2) is 6.80. The molecule has 0 bridgehead atoms. The maximum Gasteiger partial charge on any atom is 0.137 e. The van der Waals surface area contributed by atoms with Gasteiger partial charge < -0.3 is 16.2 Å². The zero-order valence-corrected chi connectivity index (χ0v) is 16.3. The third-order valence-electron chi connectivity index (χ3n) is 5.34. The number of aryl methyl sites for hydroxylation is 1. The Kier molecular flexibility index (Phi) is 4.88. The summed E-state index contributed by atoms with van der Waals surface area (Å²) in [6.45, 7) is 8.68. The summed E-state index contributed by atoms with van der Waals surface area (Å²) >= 11 is 6.53. The summed E-state index contributed by atoms with van der Waals surface area (Å²) in [5.74, 6) is 1.81. The molecule has 3 rings (SSSR count). The van der Waals surface area contributed by atoms with Gasteiger partial charge in [-0.15, -0.1) is 0 Å². The molecule has 3 nitrogen and oxygen atoms in total. The SMILES string of the molecule is CCc1cc2c(c(CC)c1CC)Oc1c(CC)c(N)c(N)c(Cl)c1C2. The first kappa shape index (κ1) is 17.9. The molecule has 0 unspecified atom stereocenters. The van der Waals surface area contributed by atoms with Gasteiger partial charge in [-0.1, -0.05) is 45.4 Å². The van der Waals surface area contributed by atoms with E-state index in [4.69, 9.17) is 27.8 Å². The third-order valence-corrected chi connectivity index (χ3v) is 5.78. The van der Waals surface area contributed by atoms with Gasteiger partial charge in [-0.05, 0) is 47.9 Å². The van der Waals surface area contributed by atoms with Gasteiger partial charge in [-0.25, -0.2) is 0 Å². The Bertz CT molecular complexity index is 843. The predicted octanol–water partition coefficient (Wildman–Crippen LogP) is 5.45. The Labute approximate surface area is 155 Å². The summed E-state index contributed by atoms with van der Waals surface area (Å²) in [4.78, 5) is 0. The van der Waals surface area contributed by atoms with Crippen LogP contribution in [0.15, 0.2) is 6.07 Å². The molecule has 0 spiro atoms. The number of rotatable bonds is 4. The lowest BCUT2D eigenvalue weighted by Crippen LogP contribution is -2.14. The van der Waals surface area contributed by atoms with Crippen molar-refractivity contribution in [1.82, 2.24) is 0 Å². The van der Waals surface area contributed by atoms with E-state index in [-0.39, 0.29) is 0 Å². The highest BCUT2D eigenvalue weighted by atomic mass is 35.5. The molecule has 0 aliphatic carbocycles. The maximum absolute atomic E-state index is 6.53. The van der Waals surface area contributed by atoms with Crippen molar-refractivity contribution in [2.75, 3.05) is 11.5 Å². The van der Waals surface area contributed by atoms with Crippen LogP contribution in [-0.4, -0.2) is 0 Å². The van der Waals surface area contributed by atoms with Gasteiger partial charge in [-0.2, -0.15) is 0 Å². The quantitative estimate of drug-likeness (QED) is 0.609. The minimum Gasteiger partial charge on any atom is -0.456 e. The molecule has 0 saturated carbocycles. The largest absolute Gasteiger partial charge is 0.456 e. The number of fused-ring (bicyclic) bond motifs is 2. The van der Waals surface area contributed by atoms with Crippen molar-refractivity contribution in [2.24, 2.45) is 0 Å². The molecule has 4 heteroatoms. The smallest absolute Gasteiger partial charge is 0.137 e. The molecule has 4 N–H and O–H groups in total. The number of nitrogens with two attached hydrogens (primary N) is 2. The van der Waals surface area contributed by atoms with Crippen LogP contribution >= 0.6 is 11.6 Å². The van der Waals surface area contributed by atoms with Crippen molar-refractivity contribution in [3.8, 4) is 11.5 Å². The number of anilines is 2. The first-order valence-corrected chi connectivity index (χ1v) is 9.58. The molecule has 1 aliphatic heterocycles. The van der Waals surface area contributed by atoms with Crippen LogP contribution in [0.5, 0.6) is 11.5 Å². The zero-order valence-electron chi connectivity index (χ0n) is 15.6. The highest BCUT2D eigenvalue weighted by Crippen LogP contribution is 2.49. The van der Waals surface area contributed by atoms with Gasteiger partial charge in [0.2, 0.25) is 0 Å². The van der Waals surface area contributed by atoms with Crippen LogP contribution in [0.25, 0.3) is 0 Å². The van der Waals surface area contributed by atoms with E-state index in [9.17, 15) is 0 Å². The summed E-state index contributed by atoms with van der Waals surface area (Å²) in [5.41, 5.74) is 20.7. The number of benzene rings is 2. The summed E-state index contributed by atoms with van der Waals surface area (Å²) in [6.07, 6.45) is 4.49. The summed E-state index contributed by atoms with van der Waals surface area (Å²) in [6, 6.07) is 2.28. The first-order valence-electron chi connectivity index (χ1n) is 9.20. The van der Waals surface area contributed by atoms with Crippen LogP contribution in [0.1, 0.15) is 61.1 Å². The number of hydrogen-bond acceptors (Lipinski definition) is 3. The van der Waals surface area contributed by atoms with Crippen LogP contribution < -0.4 is 16.2 Å². The highest BCUT2D eigenvalue weighted by Gasteiger charge is 2.29. The lowest BCUT2D eigenvalue weighted by molar-refractivity contribution is 0.448. The molecule has 1 aliphatic rings. The standard InChI is InChI=1S/C21H27ClN2O/c1-5-11-9-12-10-16-17(22)19(24)18(23)15(8-4)21(16)25-20(12)14(7-3)13(11)6-2/h9H,5-8,10,23-24H2,1-4H3. The predicted molar refractivity (Wildman–Crippen MR) is 107 cm³/mol. The van der Waals surface area contributed by atoms with E-state index < -0.39 is 0 Å². The van der Waals surface area contributed by atoms with E-state index >= 15 is 0 Å². The average molecular weight is 359 g/mol. The maximum atomic E-state index is 6.53. The molecule has 0 saturated heterocycles. The Morgan fingerprint density at radius 3 is 2.08 bits per heavy atom. The van der Waals surface area contributed by atoms with Crippen LogP contribution in [-0.2, 0) is 32.1 Å². The van der Waals surface area contributed by atoms with Crippen molar-refractivity contribution in [3.05, 3.63) is 44.5 Å². The zero-order chi connectivity index (χ0) is 18.3. The van der Waals surface area contributed by atoms with E-state index in [2.05, 4.69) is 33.8 Å². The van der Waals surface area contributed by atoms with Gasteiger partial charge in [0, 0.05) is 17.5 Å². The van der Waals surface area contributed by atoms with Gasteiger partial charge in [0.05, 0.1) is 16.4 Å². The van der Waals surface area contributed by atoms with Crippen molar-refractivity contribution < 1.29 is 4.74 Å². The van der Waals surface area contributed by atoms with Crippen molar-refractivity contribution >= 4 is 23.0 Å². The topological polar surface area (TPSA) is 61.3 Å². The van der Waals surface area contributed by atoms with E-state index in [1.54, 1.807) is 0 Å². The first-order chi connectivity index (χ1) is 12.0. The normalized spacial score (nSPS) is 12.5. The van der Waals surface area contributed by atoms with Gasteiger partial charge in [0.25, 0.3) is 0 Å². The van der Waals surface area contributed by atoms with Crippen LogP contribution in [0, 0.1) is 0 Å². The highest BCUT2D eigenvalue weighted by molar-refractivity contribution is 6.35.